The Balaban J connectivity index is 2.32. The molecule has 1 amide bonds. The zero-order valence-electron chi connectivity index (χ0n) is 15.0. The van der Waals surface area contributed by atoms with Gasteiger partial charge >= 0.3 is 6.09 Å². The van der Waals surface area contributed by atoms with E-state index in [4.69, 9.17) is 16.3 Å². The highest BCUT2D eigenvalue weighted by Gasteiger charge is 2.28. The Morgan fingerprint density at radius 3 is 2.70 bits per heavy atom. The second-order valence-electron chi connectivity index (χ2n) is 6.98. The molecule has 0 atom stereocenters. The minimum atomic E-state index is -0.677. The van der Waals surface area contributed by atoms with Gasteiger partial charge in [0.1, 0.15) is 11.7 Å². The number of ether oxygens (including phenoxy) is 1. The van der Waals surface area contributed by atoms with Gasteiger partial charge in [0.25, 0.3) is 0 Å². The Labute approximate surface area is 169 Å². The summed E-state index contributed by atoms with van der Waals surface area (Å²) in [5, 5.41) is 20.4. The van der Waals surface area contributed by atoms with Crippen molar-refractivity contribution in [3.05, 3.63) is 33.4 Å². The summed E-state index contributed by atoms with van der Waals surface area (Å²) in [6, 6.07) is 5.30. The zero-order valence-corrected chi connectivity index (χ0v) is 17.4. The normalized spacial score (nSPS) is 11.6. The molecule has 1 aromatic carbocycles. The van der Waals surface area contributed by atoms with Crippen LogP contribution in [0.5, 0.6) is 0 Å². The van der Waals surface area contributed by atoms with Crippen LogP contribution in [0.2, 0.25) is 5.02 Å². The number of pyridine rings is 1. The van der Waals surface area contributed by atoms with Gasteiger partial charge in [0.15, 0.2) is 5.82 Å². The molecular formula is C18H16BrClN4O3. The predicted molar refractivity (Wildman–Crippen MR) is 106 cm³/mol. The topological polar surface area (TPSA) is 91.4 Å². The van der Waals surface area contributed by atoms with Crippen LogP contribution in [0.15, 0.2) is 22.8 Å². The van der Waals surface area contributed by atoms with Crippen molar-refractivity contribution in [1.29, 1.82) is 5.26 Å². The minimum Gasteiger partial charge on any atom is -0.443 e. The summed E-state index contributed by atoms with van der Waals surface area (Å²) in [4.78, 5) is 18.2. The van der Waals surface area contributed by atoms with Gasteiger partial charge < -0.3 is 9.94 Å². The van der Waals surface area contributed by atoms with E-state index in [1.807, 2.05) is 0 Å². The van der Waals surface area contributed by atoms with E-state index in [1.54, 1.807) is 26.8 Å². The lowest BCUT2D eigenvalue weighted by molar-refractivity contribution is 0.0589. The maximum atomic E-state index is 12.5. The van der Waals surface area contributed by atoms with Gasteiger partial charge in [-0.1, -0.05) is 11.6 Å². The lowest BCUT2D eigenvalue weighted by atomic mass is 10.0. The maximum absolute atomic E-state index is 12.5. The van der Waals surface area contributed by atoms with Gasteiger partial charge in [0, 0.05) is 22.5 Å². The van der Waals surface area contributed by atoms with Gasteiger partial charge in [-0.05, 0) is 48.8 Å². The zero-order chi connectivity index (χ0) is 20.1. The lowest BCUT2D eigenvalue weighted by Crippen LogP contribution is -2.34. The summed E-state index contributed by atoms with van der Waals surface area (Å²) in [5.41, 5.74) is 0.799. The van der Waals surface area contributed by atoms with E-state index in [-0.39, 0.29) is 16.4 Å². The predicted octanol–water partition coefficient (Wildman–Crippen LogP) is 5.04. The van der Waals surface area contributed by atoms with E-state index in [0.29, 0.717) is 26.6 Å². The SMILES string of the molecule is CN(C(=O)OC(C)(C)C)c1cc(Cl)c(C#N)c2c3cc(Br)cn(O)c-3nc12. The molecule has 0 saturated carbocycles. The first-order valence-corrected chi connectivity index (χ1v) is 9.10. The number of fused-ring (bicyclic) bond motifs is 3. The van der Waals surface area contributed by atoms with Crippen LogP contribution in [-0.4, -0.2) is 33.7 Å². The first kappa shape index (κ1) is 19.3. The van der Waals surface area contributed by atoms with Gasteiger partial charge in [-0.3, -0.25) is 4.90 Å². The number of carbonyl (C=O) groups excluding carboxylic acids is 1. The molecule has 140 valence electrons. The fourth-order valence-electron chi connectivity index (χ4n) is 2.74. The molecule has 0 aromatic heterocycles. The molecular weight excluding hydrogens is 436 g/mol. The molecule has 9 heteroatoms. The number of amides is 1. The van der Waals surface area contributed by atoms with Crippen molar-refractivity contribution in [2.45, 2.75) is 26.4 Å². The van der Waals surface area contributed by atoms with Crippen LogP contribution in [0.25, 0.3) is 22.3 Å². The summed E-state index contributed by atoms with van der Waals surface area (Å²) in [5.74, 6) is 0.241. The number of benzene rings is 1. The van der Waals surface area contributed by atoms with Gasteiger partial charge in [0.2, 0.25) is 0 Å². The molecule has 1 aromatic rings. The number of hydrogen-bond donors (Lipinski definition) is 1. The summed E-state index contributed by atoms with van der Waals surface area (Å²) in [6.45, 7) is 5.30. The van der Waals surface area contributed by atoms with E-state index >= 15 is 0 Å². The van der Waals surface area contributed by atoms with Gasteiger partial charge in [-0.15, -0.1) is 0 Å². The smallest absolute Gasteiger partial charge is 0.414 e. The number of hydrogen-bond acceptors (Lipinski definition) is 5. The fourth-order valence-corrected chi connectivity index (χ4v) is 3.40. The molecule has 1 N–H and O–H groups in total. The van der Waals surface area contributed by atoms with Crippen molar-refractivity contribution in [1.82, 2.24) is 9.71 Å². The Hall–Kier alpha value is -2.50. The first-order chi connectivity index (χ1) is 12.5. The molecule has 0 saturated heterocycles. The molecule has 3 rings (SSSR count). The van der Waals surface area contributed by atoms with Crippen LogP contribution in [0.1, 0.15) is 26.3 Å². The van der Waals surface area contributed by atoms with Gasteiger partial charge in [-0.2, -0.15) is 9.99 Å². The van der Waals surface area contributed by atoms with Crippen LogP contribution in [-0.2, 0) is 4.74 Å². The summed E-state index contributed by atoms with van der Waals surface area (Å²) in [7, 11) is 1.54. The van der Waals surface area contributed by atoms with Crippen molar-refractivity contribution in [2.75, 3.05) is 11.9 Å². The second-order valence-corrected chi connectivity index (χ2v) is 8.30. The van der Waals surface area contributed by atoms with Crippen LogP contribution in [0.4, 0.5) is 10.5 Å². The number of nitrogens with zero attached hydrogens (tertiary/aromatic N) is 4. The highest BCUT2D eigenvalue weighted by molar-refractivity contribution is 9.10. The Morgan fingerprint density at radius 1 is 1.44 bits per heavy atom. The first-order valence-electron chi connectivity index (χ1n) is 7.93. The summed E-state index contributed by atoms with van der Waals surface area (Å²) >= 11 is 9.63. The highest BCUT2D eigenvalue weighted by atomic mass is 79.9. The van der Waals surface area contributed by atoms with Crippen LogP contribution in [0.3, 0.4) is 0 Å². The third kappa shape index (κ3) is 3.40. The molecule has 0 unspecified atom stereocenters. The largest absolute Gasteiger partial charge is 0.443 e. The van der Waals surface area contributed by atoms with Crippen molar-refractivity contribution in [3.63, 3.8) is 0 Å². The number of carbonyl (C=O) groups is 1. The van der Waals surface area contributed by atoms with E-state index in [2.05, 4.69) is 27.0 Å². The van der Waals surface area contributed by atoms with Crippen molar-refractivity contribution in [3.8, 4) is 17.5 Å². The Morgan fingerprint density at radius 2 is 2.11 bits per heavy atom. The number of nitriles is 1. The van der Waals surface area contributed by atoms with Crippen molar-refractivity contribution >= 4 is 50.2 Å². The fraction of sp³-hybridized carbons (Fsp3) is 0.278. The Kier molecular flexibility index (Phi) is 4.70. The monoisotopic (exact) mass is 450 g/mol. The molecule has 2 aliphatic rings. The Bertz CT molecular complexity index is 1080. The molecule has 0 bridgehead atoms. The summed E-state index contributed by atoms with van der Waals surface area (Å²) in [6.07, 6.45) is 0.841. The average Bonchev–Trinajstić information content (AvgIpc) is 2.91. The minimum absolute atomic E-state index is 0.175. The highest BCUT2D eigenvalue weighted by Crippen LogP contribution is 2.42. The summed E-state index contributed by atoms with van der Waals surface area (Å²) < 4.78 is 6.85. The van der Waals surface area contributed by atoms with Crippen LogP contribution < -0.4 is 4.90 Å². The molecule has 2 aliphatic heterocycles. The van der Waals surface area contributed by atoms with E-state index in [1.165, 1.54) is 24.2 Å². The average molecular weight is 452 g/mol. The molecule has 0 aliphatic carbocycles. The van der Waals surface area contributed by atoms with E-state index < -0.39 is 11.7 Å². The number of rotatable bonds is 1. The third-order valence-corrected chi connectivity index (χ3v) is 4.58. The number of halogens is 2. The van der Waals surface area contributed by atoms with Crippen LogP contribution in [0, 0.1) is 11.3 Å². The van der Waals surface area contributed by atoms with Gasteiger partial charge in [-0.25, -0.2) is 9.78 Å². The number of anilines is 1. The molecule has 7 nitrogen and oxygen atoms in total. The molecule has 0 spiro atoms. The standard InChI is InChI=1S/C18H16BrClN4O3/c1-18(2,3)27-17(25)23(4)13-6-12(20)11(7-21)14-10-5-9(19)8-24(26)16(10)22-15(13)14/h5-6,8,26H,1-4H3. The maximum Gasteiger partial charge on any atom is 0.414 e. The van der Waals surface area contributed by atoms with E-state index in [9.17, 15) is 15.3 Å². The van der Waals surface area contributed by atoms with E-state index in [0.717, 1.165) is 4.73 Å². The molecule has 0 fully saturated rings. The lowest BCUT2D eigenvalue weighted by Gasteiger charge is -2.25. The quantitative estimate of drug-likeness (QED) is 0.523. The van der Waals surface area contributed by atoms with Crippen LogP contribution >= 0.6 is 27.5 Å². The number of aromatic nitrogens is 2. The van der Waals surface area contributed by atoms with Gasteiger partial charge in [0.05, 0.1) is 28.0 Å². The second kappa shape index (κ2) is 6.59. The van der Waals surface area contributed by atoms with Crippen molar-refractivity contribution < 1.29 is 14.7 Å². The molecule has 27 heavy (non-hydrogen) atoms. The molecule has 0 radical (unpaired) electrons. The third-order valence-electron chi connectivity index (χ3n) is 3.85. The van der Waals surface area contributed by atoms with Crippen molar-refractivity contribution in [2.24, 2.45) is 0 Å². The molecule has 2 heterocycles.